The zero-order chi connectivity index (χ0) is 13.4. The SMILES string of the molecule is CCCC(C)CC(NN)C1CN(CCC)CCO1. The van der Waals surface area contributed by atoms with E-state index in [9.17, 15) is 0 Å². The summed E-state index contributed by atoms with van der Waals surface area (Å²) in [5.41, 5.74) is 2.97. The van der Waals surface area contributed by atoms with Crippen molar-refractivity contribution in [1.82, 2.24) is 10.3 Å². The minimum absolute atomic E-state index is 0.245. The van der Waals surface area contributed by atoms with E-state index in [2.05, 4.69) is 31.1 Å². The highest BCUT2D eigenvalue weighted by Crippen LogP contribution is 2.18. The molecular weight excluding hydrogens is 226 g/mol. The Bertz CT molecular complexity index is 209. The van der Waals surface area contributed by atoms with Crippen molar-refractivity contribution in [2.75, 3.05) is 26.2 Å². The average Bonchev–Trinajstić information content (AvgIpc) is 2.37. The molecule has 0 aromatic rings. The number of hydrazine groups is 1. The van der Waals surface area contributed by atoms with E-state index < -0.39 is 0 Å². The molecule has 0 aliphatic carbocycles. The van der Waals surface area contributed by atoms with Crippen molar-refractivity contribution >= 4 is 0 Å². The maximum atomic E-state index is 5.90. The van der Waals surface area contributed by atoms with Crippen LogP contribution in [0.4, 0.5) is 0 Å². The standard InChI is InChI=1S/C14H31N3O/c1-4-6-12(3)10-13(16-15)14-11-17(7-5-2)8-9-18-14/h12-14,16H,4-11,15H2,1-3H3. The van der Waals surface area contributed by atoms with Crippen molar-refractivity contribution in [3.8, 4) is 0 Å². The first-order chi connectivity index (χ1) is 8.71. The van der Waals surface area contributed by atoms with E-state index in [1.807, 2.05) is 0 Å². The first-order valence-electron chi connectivity index (χ1n) is 7.51. The third-order valence-corrected chi connectivity index (χ3v) is 3.82. The monoisotopic (exact) mass is 257 g/mol. The van der Waals surface area contributed by atoms with Crippen molar-refractivity contribution < 1.29 is 4.74 Å². The van der Waals surface area contributed by atoms with Crippen molar-refractivity contribution in [1.29, 1.82) is 0 Å². The van der Waals surface area contributed by atoms with Gasteiger partial charge in [0.05, 0.1) is 12.7 Å². The topological polar surface area (TPSA) is 50.5 Å². The Balaban J connectivity index is 2.42. The van der Waals surface area contributed by atoms with E-state index in [-0.39, 0.29) is 12.1 Å². The lowest BCUT2D eigenvalue weighted by molar-refractivity contribution is -0.0498. The summed E-state index contributed by atoms with van der Waals surface area (Å²) in [6.07, 6.45) is 5.07. The molecule has 3 N–H and O–H groups in total. The van der Waals surface area contributed by atoms with Crippen LogP contribution in [0, 0.1) is 5.92 Å². The Labute approximate surface area is 112 Å². The van der Waals surface area contributed by atoms with Gasteiger partial charge < -0.3 is 4.74 Å². The fourth-order valence-electron chi connectivity index (χ4n) is 2.87. The molecule has 1 aliphatic heterocycles. The predicted molar refractivity (Wildman–Crippen MR) is 76.3 cm³/mol. The lowest BCUT2D eigenvalue weighted by atomic mass is 9.94. The van der Waals surface area contributed by atoms with Crippen LogP contribution in [0.25, 0.3) is 0 Å². The lowest BCUT2D eigenvalue weighted by Gasteiger charge is -2.37. The van der Waals surface area contributed by atoms with Gasteiger partial charge in [0.2, 0.25) is 0 Å². The number of morpholine rings is 1. The highest BCUT2D eigenvalue weighted by atomic mass is 16.5. The molecule has 0 aromatic carbocycles. The second kappa shape index (κ2) is 8.86. The molecule has 3 atom stereocenters. The molecule has 1 heterocycles. The Morgan fingerprint density at radius 3 is 2.78 bits per heavy atom. The molecule has 0 aromatic heterocycles. The van der Waals surface area contributed by atoms with Gasteiger partial charge in [-0.15, -0.1) is 0 Å². The van der Waals surface area contributed by atoms with Crippen LogP contribution in [0.5, 0.6) is 0 Å². The summed E-state index contributed by atoms with van der Waals surface area (Å²) in [6.45, 7) is 10.9. The number of nitrogens with zero attached hydrogens (tertiary/aromatic N) is 1. The van der Waals surface area contributed by atoms with Crippen LogP contribution in [-0.4, -0.2) is 43.3 Å². The van der Waals surface area contributed by atoms with Gasteiger partial charge >= 0.3 is 0 Å². The quantitative estimate of drug-likeness (QED) is 0.514. The molecule has 0 radical (unpaired) electrons. The van der Waals surface area contributed by atoms with Crippen LogP contribution in [0.2, 0.25) is 0 Å². The van der Waals surface area contributed by atoms with E-state index >= 15 is 0 Å². The normalized spacial score (nSPS) is 25.0. The van der Waals surface area contributed by atoms with Crippen molar-refractivity contribution in [2.24, 2.45) is 11.8 Å². The zero-order valence-corrected chi connectivity index (χ0v) is 12.3. The molecule has 1 rings (SSSR count). The molecule has 108 valence electrons. The minimum atomic E-state index is 0.245. The molecule has 3 unspecified atom stereocenters. The van der Waals surface area contributed by atoms with E-state index in [1.54, 1.807) is 0 Å². The minimum Gasteiger partial charge on any atom is -0.374 e. The number of ether oxygens (including phenoxy) is 1. The molecule has 4 nitrogen and oxygen atoms in total. The summed E-state index contributed by atoms with van der Waals surface area (Å²) in [5.74, 6) is 6.43. The van der Waals surface area contributed by atoms with Crippen LogP contribution in [-0.2, 0) is 4.74 Å². The number of nitrogens with one attached hydrogen (secondary N) is 1. The molecule has 4 heteroatoms. The van der Waals surface area contributed by atoms with Gasteiger partial charge in [-0.1, -0.05) is 33.6 Å². The molecule has 1 fully saturated rings. The van der Waals surface area contributed by atoms with Gasteiger partial charge in [0.1, 0.15) is 0 Å². The van der Waals surface area contributed by atoms with Crippen LogP contribution >= 0.6 is 0 Å². The second-order valence-electron chi connectivity index (χ2n) is 5.61. The highest BCUT2D eigenvalue weighted by Gasteiger charge is 2.28. The summed E-state index contributed by atoms with van der Waals surface area (Å²) in [6, 6.07) is 0.284. The number of hydrogen-bond acceptors (Lipinski definition) is 4. The summed E-state index contributed by atoms with van der Waals surface area (Å²) < 4.78 is 5.90. The Morgan fingerprint density at radius 1 is 1.39 bits per heavy atom. The Morgan fingerprint density at radius 2 is 2.17 bits per heavy atom. The molecule has 0 saturated carbocycles. The molecule has 0 spiro atoms. The van der Waals surface area contributed by atoms with Crippen LogP contribution in [0.1, 0.15) is 46.5 Å². The van der Waals surface area contributed by atoms with Gasteiger partial charge in [0.15, 0.2) is 0 Å². The van der Waals surface area contributed by atoms with Crippen molar-refractivity contribution in [2.45, 2.75) is 58.6 Å². The van der Waals surface area contributed by atoms with Gasteiger partial charge in [-0.25, -0.2) is 0 Å². The highest BCUT2D eigenvalue weighted by molar-refractivity contribution is 4.83. The van der Waals surface area contributed by atoms with E-state index in [1.165, 1.54) is 25.8 Å². The molecule has 1 saturated heterocycles. The van der Waals surface area contributed by atoms with Crippen molar-refractivity contribution in [3.63, 3.8) is 0 Å². The van der Waals surface area contributed by atoms with Gasteiger partial charge in [-0.3, -0.25) is 16.2 Å². The molecular formula is C14H31N3O. The molecule has 0 amide bonds. The Kier molecular flexibility index (Phi) is 7.82. The zero-order valence-electron chi connectivity index (χ0n) is 12.3. The predicted octanol–water partition coefficient (Wildman–Crippen LogP) is 1.76. The third-order valence-electron chi connectivity index (χ3n) is 3.82. The van der Waals surface area contributed by atoms with Gasteiger partial charge in [0.25, 0.3) is 0 Å². The Hall–Kier alpha value is -0.160. The first kappa shape index (κ1) is 15.9. The van der Waals surface area contributed by atoms with Gasteiger partial charge in [0, 0.05) is 19.1 Å². The van der Waals surface area contributed by atoms with Gasteiger partial charge in [-0.2, -0.15) is 0 Å². The third kappa shape index (κ3) is 5.22. The van der Waals surface area contributed by atoms with Crippen LogP contribution in [0.15, 0.2) is 0 Å². The summed E-state index contributed by atoms with van der Waals surface area (Å²) in [4.78, 5) is 2.49. The summed E-state index contributed by atoms with van der Waals surface area (Å²) in [5, 5.41) is 0. The summed E-state index contributed by atoms with van der Waals surface area (Å²) >= 11 is 0. The number of nitrogens with two attached hydrogens (primary N) is 1. The second-order valence-corrected chi connectivity index (χ2v) is 5.61. The van der Waals surface area contributed by atoms with Crippen molar-refractivity contribution in [3.05, 3.63) is 0 Å². The van der Waals surface area contributed by atoms with Gasteiger partial charge in [-0.05, 0) is 25.3 Å². The fourth-order valence-corrected chi connectivity index (χ4v) is 2.87. The van der Waals surface area contributed by atoms with Crippen LogP contribution in [0.3, 0.4) is 0 Å². The smallest absolute Gasteiger partial charge is 0.0868 e. The van der Waals surface area contributed by atoms with E-state index in [0.29, 0.717) is 5.92 Å². The van der Waals surface area contributed by atoms with E-state index in [0.717, 1.165) is 26.1 Å². The molecule has 18 heavy (non-hydrogen) atoms. The maximum absolute atomic E-state index is 5.90. The summed E-state index contributed by atoms with van der Waals surface area (Å²) in [7, 11) is 0. The molecule has 0 bridgehead atoms. The lowest BCUT2D eigenvalue weighted by Crippen LogP contribution is -2.54. The molecule has 1 aliphatic rings. The van der Waals surface area contributed by atoms with E-state index in [4.69, 9.17) is 10.6 Å². The largest absolute Gasteiger partial charge is 0.374 e. The number of rotatable bonds is 8. The maximum Gasteiger partial charge on any atom is 0.0868 e. The number of hydrogen-bond donors (Lipinski definition) is 2. The fraction of sp³-hybridized carbons (Fsp3) is 1.00. The average molecular weight is 257 g/mol. The first-order valence-corrected chi connectivity index (χ1v) is 7.51. The van der Waals surface area contributed by atoms with Crippen LogP contribution < -0.4 is 11.3 Å².